The lowest BCUT2D eigenvalue weighted by Gasteiger charge is -2.10. The van der Waals surface area contributed by atoms with Gasteiger partial charge < -0.3 is 0 Å². The van der Waals surface area contributed by atoms with Crippen LogP contribution < -0.4 is 0 Å². The first-order valence-electron chi connectivity index (χ1n) is 5.64. The van der Waals surface area contributed by atoms with E-state index < -0.39 is 0 Å². The lowest BCUT2D eigenvalue weighted by molar-refractivity contribution is 0.631. The molecule has 0 aliphatic rings. The van der Waals surface area contributed by atoms with E-state index in [0.29, 0.717) is 16.5 Å². The summed E-state index contributed by atoms with van der Waals surface area (Å²) >= 11 is 6.06. The summed E-state index contributed by atoms with van der Waals surface area (Å²) in [5.41, 5.74) is 2.50. The van der Waals surface area contributed by atoms with Crippen molar-refractivity contribution in [2.24, 2.45) is 0 Å². The maximum atomic E-state index is 13.8. The van der Waals surface area contributed by atoms with Crippen LogP contribution in [-0.4, -0.2) is 0 Å². The third kappa shape index (κ3) is 2.50. The molecule has 0 amide bonds. The van der Waals surface area contributed by atoms with Crippen molar-refractivity contribution in [2.45, 2.75) is 19.8 Å². The molecule has 0 aromatic heterocycles. The Morgan fingerprint density at radius 1 is 1.06 bits per heavy atom. The molecular formula is C15H14ClF. The Morgan fingerprint density at radius 2 is 1.76 bits per heavy atom. The van der Waals surface area contributed by atoms with Crippen molar-refractivity contribution >= 4 is 11.6 Å². The Hall–Kier alpha value is -1.34. The Bertz CT molecular complexity index is 512. The third-order valence-corrected chi connectivity index (χ3v) is 3.12. The average molecular weight is 249 g/mol. The molecule has 0 saturated heterocycles. The van der Waals surface area contributed by atoms with Gasteiger partial charge in [-0.3, -0.25) is 0 Å². The summed E-state index contributed by atoms with van der Waals surface area (Å²) in [4.78, 5) is 0. The fourth-order valence-electron chi connectivity index (χ4n) is 1.83. The quantitative estimate of drug-likeness (QED) is 0.679. The number of halogens is 2. The summed E-state index contributed by atoms with van der Waals surface area (Å²) in [6.45, 7) is 4.23. The molecule has 0 unspecified atom stereocenters. The van der Waals surface area contributed by atoms with Gasteiger partial charge in [-0.25, -0.2) is 4.39 Å². The molecule has 88 valence electrons. The van der Waals surface area contributed by atoms with Crippen LogP contribution in [0.5, 0.6) is 0 Å². The van der Waals surface area contributed by atoms with Crippen LogP contribution in [0.15, 0.2) is 42.5 Å². The van der Waals surface area contributed by atoms with Crippen molar-refractivity contribution in [3.8, 4) is 11.1 Å². The van der Waals surface area contributed by atoms with Gasteiger partial charge >= 0.3 is 0 Å². The Balaban J connectivity index is 2.57. The van der Waals surface area contributed by atoms with E-state index in [0.717, 1.165) is 5.56 Å². The molecule has 0 aliphatic heterocycles. The lowest BCUT2D eigenvalue weighted by atomic mass is 9.97. The van der Waals surface area contributed by atoms with Crippen LogP contribution in [0.4, 0.5) is 4.39 Å². The first-order chi connectivity index (χ1) is 8.09. The van der Waals surface area contributed by atoms with Crippen molar-refractivity contribution in [2.75, 3.05) is 0 Å². The zero-order chi connectivity index (χ0) is 12.4. The van der Waals surface area contributed by atoms with Gasteiger partial charge in [0, 0.05) is 5.56 Å². The minimum absolute atomic E-state index is 0.279. The van der Waals surface area contributed by atoms with E-state index in [-0.39, 0.29) is 5.82 Å². The monoisotopic (exact) mass is 248 g/mol. The highest BCUT2D eigenvalue weighted by Gasteiger charge is 2.10. The summed E-state index contributed by atoms with van der Waals surface area (Å²) in [6.07, 6.45) is 0. The van der Waals surface area contributed by atoms with E-state index in [2.05, 4.69) is 13.8 Å². The zero-order valence-electron chi connectivity index (χ0n) is 9.87. The summed E-state index contributed by atoms with van der Waals surface area (Å²) in [6, 6.07) is 12.6. The van der Waals surface area contributed by atoms with Gasteiger partial charge in [-0.15, -0.1) is 0 Å². The largest absolute Gasteiger partial charge is 0.206 e. The van der Waals surface area contributed by atoms with Crippen LogP contribution >= 0.6 is 11.6 Å². The first-order valence-corrected chi connectivity index (χ1v) is 6.01. The molecule has 17 heavy (non-hydrogen) atoms. The van der Waals surface area contributed by atoms with Crippen molar-refractivity contribution in [1.82, 2.24) is 0 Å². The highest BCUT2D eigenvalue weighted by molar-refractivity contribution is 6.33. The molecule has 0 bridgehead atoms. The smallest absolute Gasteiger partial charge is 0.132 e. The predicted octanol–water partition coefficient (Wildman–Crippen LogP) is 5.27. The van der Waals surface area contributed by atoms with E-state index in [1.54, 1.807) is 12.1 Å². The topological polar surface area (TPSA) is 0 Å². The van der Waals surface area contributed by atoms with Crippen molar-refractivity contribution in [3.63, 3.8) is 0 Å². The van der Waals surface area contributed by atoms with Gasteiger partial charge in [0.15, 0.2) is 0 Å². The van der Waals surface area contributed by atoms with Gasteiger partial charge in [0.2, 0.25) is 0 Å². The standard InChI is InChI=1S/C15H14ClF/c1-10(2)11-5-3-6-12(9-11)15-13(16)7-4-8-14(15)17/h3-10H,1-2H3. The number of hydrogen-bond acceptors (Lipinski definition) is 0. The van der Waals surface area contributed by atoms with E-state index in [4.69, 9.17) is 11.6 Å². The Morgan fingerprint density at radius 3 is 2.41 bits per heavy atom. The molecule has 2 rings (SSSR count). The van der Waals surface area contributed by atoms with Gasteiger partial charge in [-0.1, -0.05) is 55.8 Å². The Labute approximate surface area is 106 Å². The van der Waals surface area contributed by atoms with Crippen LogP contribution in [0.25, 0.3) is 11.1 Å². The van der Waals surface area contributed by atoms with E-state index in [1.807, 2.05) is 24.3 Å². The molecule has 0 atom stereocenters. The zero-order valence-corrected chi connectivity index (χ0v) is 10.6. The van der Waals surface area contributed by atoms with Crippen LogP contribution in [0.2, 0.25) is 5.02 Å². The van der Waals surface area contributed by atoms with Gasteiger partial charge in [0.25, 0.3) is 0 Å². The highest BCUT2D eigenvalue weighted by atomic mass is 35.5. The summed E-state index contributed by atoms with van der Waals surface area (Å²) in [7, 11) is 0. The molecule has 0 radical (unpaired) electrons. The molecule has 0 N–H and O–H groups in total. The second kappa shape index (κ2) is 4.89. The van der Waals surface area contributed by atoms with E-state index >= 15 is 0 Å². The van der Waals surface area contributed by atoms with Gasteiger partial charge in [0.1, 0.15) is 5.82 Å². The summed E-state index contributed by atoms with van der Waals surface area (Å²) in [5, 5.41) is 0.450. The molecule has 2 aromatic rings. The third-order valence-electron chi connectivity index (χ3n) is 2.80. The highest BCUT2D eigenvalue weighted by Crippen LogP contribution is 2.31. The molecule has 2 aromatic carbocycles. The van der Waals surface area contributed by atoms with Gasteiger partial charge in [-0.2, -0.15) is 0 Å². The first kappa shape index (κ1) is 12.1. The van der Waals surface area contributed by atoms with Crippen LogP contribution in [0, 0.1) is 5.82 Å². The summed E-state index contributed by atoms with van der Waals surface area (Å²) in [5.74, 6) is 0.138. The molecule has 0 heterocycles. The van der Waals surface area contributed by atoms with Crippen LogP contribution in [0.3, 0.4) is 0 Å². The number of rotatable bonds is 2. The fourth-order valence-corrected chi connectivity index (χ4v) is 2.10. The molecule has 0 nitrogen and oxygen atoms in total. The van der Waals surface area contributed by atoms with Crippen LogP contribution in [0.1, 0.15) is 25.3 Å². The second-order valence-corrected chi connectivity index (χ2v) is 4.78. The van der Waals surface area contributed by atoms with Gasteiger partial charge in [-0.05, 0) is 29.2 Å². The number of hydrogen-bond donors (Lipinski definition) is 0. The minimum atomic E-state index is -0.279. The van der Waals surface area contributed by atoms with E-state index in [1.165, 1.54) is 11.6 Å². The number of benzene rings is 2. The minimum Gasteiger partial charge on any atom is -0.206 e. The van der Waals surface area contributed by atoms with Crippen LogP contribution in [-0.2, 0) is 0 Å². The molecule has 0 spiro atoms. The van der Waals surface area contributed by atoms with Crippen molar-refractivity contribution < 1.29 is 4.39 Å². The summed E-state index contributed by atoms with van der Waals surface area (Å²) < 4.78 is 13.8. The molecule has 0 fully saturated rings. The maximum absolute atomic E-state index is 13.8. The second-order valence-electron chi connectivity index (χ2n) is 4.38. The Kier molecular flexibility index (Phi) is 3.49. The fraction of sp³-hybridized carbons (Fsp3) is 0.200. The maximum Gasteiger partial charge on any atom is 0.132 e. The molecule has 0 saturated carbocycles. The van der Waals surface area contributed by atoms with Gasteiger partial charge in [0.05, 0.1) is 5.02 Å². The normalized spacial score (nSPS) is 10.9. The lowest BCUT2D eigenvalue weighted by Crippen LogP contribution is -1.90. The molecular weight excluding hydrogens is 235 g/mol. The molecule has 0 aliphatic carbocycles. The average Bonchev–Trinajstić information content (AvgIpc) is 2.29. The van der Waals surface area contributed by atoms with E-state index in [9.17, 15) is 4.39 Å². The SMILES string of the molecule is CC(C)c1cccc(-c2c(F)cccc2Cl)c1. The predicted molar refractivity (Wildman–Crippen MR) is 70.9 cm³/mol. The van der Waals surface area contributed by atoms with Crippen molar-refractivity contribution in [1.29, 1.82) is 0 Å². The molecule has 2 heteroatoms. The van der Waals surface area contributed by atoms with Crippen molar-refractivity contribution in [3.05, 3.63) is 58.9 Å².